The van der Waals surface area contributed by atoms with Gasteiger partial charge in [-0.25, -0.2) is 14.5 Å². The third-order valence-corrected chi connectivity index (χ3v) is 2.61. The number of nitrogen functional groups attached to an aromatic ring is 1. The maximum absolute atomic E-state index is 11.4. The van der Waals surface area contributed by atoms with Gasteiger partial charge in [0.25, 0.3) is 0 Å². The number of nitrogens with zero attached hydrogens (tertiary/aromatic N) is 5. The van der Waals surface area contributed by atoms with Gasteiger partial charge in [-0.2, -0.15) is 10.2 Å². The van der Waals surface area contributed by atoms with E-state index in [0.29, 0.717) is 6.54 Å². The van der Waals surface area contributed by atoms with Crippen molar-refractivity contribution < 1.29 is 9.53 Å². The van der Waals surface area contributed by atoms with E-state index in [-0.39, 0.29) is 17.4 Å². The van der Waals surface area contributed by atoms with Gasteiger partial charge in [0.05, 0.1) is 12.8 Å². The minimum absolute atomic E-state index is 0.109. The van der Waals surface area contributed by atoms with Crippen LogP contribution >= 0.6 is 0 Å². The third-order valence-electron chi connectivity index (χ3n) is 2.61. The number of esters is 1. The maximum Gasteiger partial charge on any atom is 0.360 e. The SMILES string of the molecule is COC(=O)c1nn(Cc2ncnn2C(C)C)cc1N. The number of methoxy groups -OCH3 is 1. The molecule has 0 radical (unpaired) electrons. The van der Waals surface area contributed by atoms with Crippen molar-refractivity contribution in [2.75, 3.05) is 12.8 Å². The summed E-state index contributed by atoms with van der Waals surface area (Å²) in [7, 11) is 1.29. The number of hydrogen-bond donors (Lipinski definition) is 1. The van der Waals surface area contributed by atoms with Gasteiger partial charge in [0.2, 0.25) is 0 Å². The molecule has 102 valence electrons. The molecule has 0 aliphatic heterocycles. The van der Waals surface area contributed by atoms with Crippen LogP contribution in [0.5, 0.6) is 0 Å². The molecule has 2 rings (SSSR count). The van der Waals surface area contributed by atoms with E-state index in [1.54, 1.807) is 15.6 Å². The maximum atomic E-state index is 11.4. The average Bonchev–Trinajstić information content (AvgIpc) is 2.95. The quantitative estimate of drug-likeness (QED) is 0.806. The van der Waals surface area contributed by atoms with Gasteiger partial charge in [0, 0.05) is 12.2 Å². The minimum Gasteiger partial charge on any atom is -0.464 e. The molecule has 0 unspecified atom stereocenters. The monoisotopic (exact) mass is 264 g/mol. The number of aromatic nitrogens is 5. The molecule has 0 atom stereocenters. The van der Waals surface area contributed by atoms with Crippen molar-refractivity contribution >= 4 is 11.7 Å². The molecule has 2 aromatic heterocycles. The van der Waals surface area contributed by atoms with Crippen molar-refractivity contribution in [3.05, 3.63) is 24.0 Å². The van der Waals surface area contributed by atoms with E-state index >= 15 is 0 Å². The molecule has 2 N–H and O–H groups in total. The van der Waals surface area contributed by atoms with Crippen LogP contribution < -0.4 is 5.73 Å². The molecule has 2 aromatic rings. The molecule has 2 heterocycles. The standard InChI is InChI=1S/C11H16N6O2/c1-7(2)17-9(13-6-14-17)5-16-4-8(12)10(15-16)11(18)19-3/h4,6-7H,5,12H2,1-3H3. The fourth-order valence-corrected chi connectivity index (χ4v) is 1.74. The number of rotatable bonds is 4. The minimum atomic E-state index is -0.554. The van der Waals surface area contributed by atoms with Crippen LogP contribution in [0.1, 0.15) is 36.2 Å². The molecule has 0 saturated heterocycles. The molecule has 0 spiro atoms. The largest absolute Gasteiger partial charge is 0.464 e. The first-order chi connectivity index (χ1) is 9.02. The summed E-state index contributed by atoms with van der Waals surface area (Å²) in [5, 5.41) is 8.23. The first-order valence-electron chi connectivity index (χ1n) is 5.82. The van der Waals surface area contributed by atoms with Crippen molar-refractivity contribution in [2.45, 2.75) is 26.4 Å². The highest BCUT2D eigenvalue weighted by Crippen LogP contribution is 2.12. The third kappa shape index (κ3) is 2.56. The van der Waals surface area contributed by atoms with Gasteiger partial charge in [-0.1, -0.05) is 0 Å². The van der Waals surface area contributed by atoms with Gasteiger partial charge in [0.1, 0.15) is 18.7 Å². The zero-order chi connectivity index (χ0) is 14.0. The Morgan fingerprint density at radius 2 is 2.26 bits per heavy atom. The van der Waals surface area contributed by atoms with E-state index < -0.39 is 5.97 Å². The van der Waals surface area contributed by atoms with E-state index in [1.165, 1.54) is 13.4 Å². The van der Waals surface area contributed by atoms with Crippen LogP contribution in [0.4, 0.5) is 5.69 Å². The lowest BCUT2D eigenvalue weighted by molar-refractivity contribution is 0.0594. The van der Waals surface area contributed by atoms with Crippen molar-refractivity contribution in [1.29, 1.82) is 0 Å². The van der Waals surface area contributed by atoms with E-state index in [0.717, 1.165) is 5.82 Å². The van der Waals surface area contributed by atoms with Gasteiger partial charge in [0.15, 0.2) is 5.69 Å². The van der Waals surface area contributed by atoms with Crippen LogP contribution in [0.15, 0.2) is 12.5 Å². The second-order valence-electron chi connectivity index (χ2n) is 4.34. The van der Waals surface area contributed by atoms with Crippen LogP contribution in [0.2, 0.25) is 0 Å². The zero-order valence-electron chi connectivity index (χ0n) is 11.1. The fraction of sp³-hybridized carbons (Fsp3) is 0.455. The normalized spacial score (nSPS) is 10.9. The topological polar surface area (TPSA) is 101 Å². The van der Waals surface area contributed by atoms with E-state index in [2.05, 4.69) is 19.9 Å². The van der Waals surface area contributed by atoms with E-state index in [9.17, 15) is 4.79 Å². The summed E-state index contributed by atoms with van der Waals surface area (Å²) in [5.41, 5.74) is 6.11. The van der Waals surface area contributed by atoms with Gasteiger partial charge in [-0.3, -0.25) is 4.68 Å². The Morgan fingerprint density at radius 3 is 2.89 bits per heavy atom. The van der Waals surface area contributed by atoms with Gasteiger partial charge in [-0.05, 0) is 13.8 Å². The van der Waals surface area contributed by atoms with Crippen LogP contribution in [0.3, 0.4) is 0 Å². The lowest BCUT2D eigenvalue weighted by Gasteiger charge is -2.08. The van der Waals surface area contributed by atoms with Gasteiger partial charge >= 0.3 is 5.97 Å². The Labute approximate surface area is 110 Å². The summed E-state index contributed by atoms with van der Waals surface area (Å²) in [6.07, 6.45) is 3.06. The van der Waals surface area contributed by atoms with Crippen LogP contribution in [0, 0.1) is 0 Å². The van der Waals surface area contributed by atoms with Gasteiger partial charge in [-0.15, -0.1) is 0 Å². The molecular weight excluding hydrogens is 248 g/mol. The molecule has 0 amide bonds. The number of hydrogen-bond acceptors (Lipinski definition) is 6. The summed E-state index contributed by atoms with van der Waals surface area (Å²) in [6, 6.07) is 0.200. The van der Waals surface area contributed by atoms with Crippen LogP contribution in [0.25, 0.3) is 0 Å². The molecule has 8 heteroatoms. The number of carbonyl (C=O) groups excluding carboxylic acids is 1. The second-order valence-corrected chi connectivity index (χ2v) is 4.34. The summed E-state index contributed by atoms with van der Waals surface area (Å²) in [6.45, 7) is 4.41. The van der Waals surface area contributed by atoms with Crippen molar-refractivity contribution in [3.8, 4) is 0 Å². The van der Waals surface area contributed by atoms with Gasteiger partial charge < -0.3 is 10.5 Å². The highest BCUT2D eigenvalue weighted by Gasteiger charge is 2.16. The Hall–Kier alpha value is -2.38. The fourth-order valence-electron chi connectivity index (χ4n) is 1.74. The molecule has 19 heavy (non-hydrogen) atoms. The second kappa shape index (κ2) is 5.09. The Morgan fingerprint density at radius 1 is 1.53 bits per heavy atom. The van der Waals surface area contributed by atoms with Crippen LogP contribution in [-0.4, -0.2) is 37.6 Å². The number of ether oxygens (including phenoxy) is 1. The average molecular weight is 264 g/mol. The summed E-state index contributed by atoms with van der Waals surface area (Å²) in [4.78, 5) is 15.6. The smallest absolute Gasteiger partial charge is 0.360 e. The molecule has 0 saturated carbocycles. The predicted octanol–water partition coefficient (Wildman–Crippen LogP) is 0.473. The lowest BCUT2D eigenvalue weighted by atomic mass is 10.4. The first-order valence-corrected chi connectivity index (χ1v) is 5.82. The number of anilines is 1. The van der Waals surface area contributed by atoms with E-state index in [4.69, 9.17) is 5.73 Å². The predicted molar refractivity (Wildman–Crippen MR) is 67.5 cm³/mol. The lowest BCUT2D eigenvalue weighted by Crippen LogP contribution is -2.13. The number of carbonyl (C=O) groups is 1. The van der Waals surface area contributed by atoms with Crippen molar-refractivity contribution in [1.82, 2.24) is 24.5 Å². The zero-order valence-corrected chi connectivity index (χ0v) is 11.1. The molecular formula is C11H16N6O2. The molecule has 8 nitrogen and oxygen atoms in total. The van der Waals surface area contributed by atoms with Crippen molar-refractivity contribution in [2.24, 2.45) is 0 Å². The highest BCUT2D eigenvalue weighted by molar-refractivity contribution is 5.92. The Bertz CT molecular complexity index is 586. The van der Waals surface area contributed by atoms with Crippen molar-refractivity contribution in [3.63, 3.8) is 0 Å². The molecule has 0 fully saturated rings. The van der Waals surface area contributed by atoms with Crippen LogP contribution in [-0.2, 0) is 11.3 Å². The molecule has 0 aliphatic rings. The summed E-state index contributed by atoms with van der Waals surface area (Å²) >= 11 is 0. The molecule has 0 bridgehead atoms. The first kappa shape index (κ1) is 13.1. The number of nitrogens with two attached hydrogens (primary N) is 1. The summed E-state index contributed by atoms with van der Waals surface area (Å²) < 4.78 is 7.93. The summed E-state index contributed by atoms with van der Waals surface area (Å²) in [5.74, 6) is 0.190. The van der Waals surface area contributed by atoms with E-state index in [1.807, 2.05) is 13.8 Å². The highest BCUT2D eigenvalue weighted by atomic mass is 16.5. The Balaban J connectivity index is 2.24. The Kier molecular flexibility index (Phi) is 3.50. The molecule has 0 aromatic carbocycles. The molecule has 0 aliphatic carbocycles.